The van der Waals surface area contributed by atoms with Crippen LogP contribution in [0.15, 0.2) is 24.3 Å². The van der Waals surface area contributed by atoms with E-state index in [4.69, 9.17) is 16.9 Å². The molecule has 1 atom stereocenters. The summed E-state index contributed by atoms with van der Waals surface area (Å²) in [5.74, 6) is 0. The van der Waals surface area contributed by atoms with Gasteiger partial charge in [0, 0.05) is 11.1 Å². The number of nitriles is 1. The van der Waals surface area contributed by atoms with Crippen molar-refractivity contribution in [1.29, 1.82) is 5.26 Å². The molecule has 0 aliphatic heterocycles. The molecule has 0 amide bonds. The fourth-order valence-corrected chi connectivity index (χ4v) is 1.43. The van der Waals surface area contributed by atoms with Gasteiger partial charge in [0.05, 0.1) is 12.6 Å². The summed E-state index contributed by atoms with van der Waals surface area (Å²) in [6.45, 7) is 2.32. The van der Waals surface area contributed by atoms with Crippen molar-refractivity contribution >= 4 is 11.6 Å². The Kier molecular flexibility index (Phi) is 3.75. The average Bonchev–Trinajstić information content (AvgIpc) is 2.15. The largest absolute Gasteiger partial charge is 0.298 e. The highest BCUT2D eigenvalue weighted by Gasteiger charge is 2.06. The van der Waals surface area contributed by atoms with Crippen LogP contribution in [-0.4, -0.2) is 6.54 Å². The van der Waals surface area contributed by atoms with Gasteiger partial charge in [0.1, 0.15) is 0 Å². The molecular formula is C10H11ClN2. The lowest BCUT2D eigenvalue weighted by molar-refractivity contribution is 0.621. The topological polar surface area (TPSA) is 35.8 Å². The molecule has 0 saturated carbocycles. The predicted octanol–water partition coefficient (Wildman–Crippen LogP) is 2.51. The van der Waals surface area contributed by atoms with Crippen LogP contribution in [0.4, 0.5) is 0 Å². The highest BCUT2D eigenvalue weighted by molar-refractivity contribution is 6.31. The van der Waals surface area contributed by atoms with Crippen LogP contribution >= 0.6 is 11.6 Å². The van der Waals surface area contributed by atoms with Crippen molar-refractivity contribution < 1.29 is 0 Å². The van der Waals surface area contributed by atoms with Crippen molar-refractivity contribution in [2.45, 2.75) is 13.0 Å². The highest BCUT2D eigenvalue weighted by atomic mass is 35.5. The second kappa shape index (κ2) is 4.86. The summed E-state index contributed by atoms with van der Waals surface area (Å²) < 4.78 is 0. The molecule has 1 N–H and O–H groups in total. The normalized spacial score (nSPS) is 12.1. The Balaban J connectivity index is 2.72. The minimum atomic E-state index is 0.119. The summed E-state index contributed by atoms with van der Waals surface area (Å²) in [6, 6.07) is 9.78. The molecule has 0 radical (unpaired) electrons. The van der Waals surface area contributed by atoms with E-state index in [1.54, 1.807) is 0 Å². The SMILES string of the molecule is CC(NCC#N)c1ccccc1Cl. The molecule has 0 bridgehead atoms. The summed E-state index contributed by atoms with van der Waals surface area (Å²) in [5.41, 5.74) is 1.03. The van der Waals surface area contributed by atoms with E-state index in [1.807, 2.05) is 37.3 Å². The van der Waals surface area contributed by atoms with Crippen molar-refractivity contribution in [3.8, 4) is 6.07 Å². The predicted molar refractivity (Wildman–Crippen MR) is 53.5 cm³/mol. The van der Waals surface area contributed by atoms with Gasteiger partial charge in [-0.2, -0.15) is 5.26 Å². The third-order valence-electron chi connectivity index (χ3n) is 1.86. The number of nitrogens with one attached hydrogen (secondary N) is 1. The molecule has 1 aromatic rings. The average molecular weight is 195 g/mol. The van der Waals surface area contributed by atoms with E-state index in [-0.39, 0.29) is 6.04 Å². The summed E-state index contributed by atoms with van der Waals surface area (Å²) >= 11 is 5.98. The van der Waals surface area contributed by atoms with Crippen LogP contribution in [0.5, 0.6) is 0 Å². The maximum absolute atomic E-state index is 8.39. The summed E-state index contributed by atoms with van der Waals surface area (Å²) in [6.07, 6.45) is 0. The number of halogens is 1. The van der Waals surface area contributed by atoms with Gasteiger partial charge in [-0.05, 0) is 18.6 Å². The van der Waals surface area contributed by atoms with E-state index >= 15 is 0 Å². The number of benzene rings is 1. The number of rotatable bonds is 3. The lowest BCUT2D eigenvalue weighted by atomic mass is 10.1. The Labute approximate surface area is 83.1 Å². The van der Waals surface area contributed by atoms with Crippen LogP contribution in [0.1, 0.15) is 18.5 Å². The zero-order valence-electron chi connectivity index (χ0n) is 7.42. The number of nitrogens with zero attached hydrogens (tertiary/aromatic N) is 1. The molecule has 1 rings (SSSR count). The van der Waals surface area contributed by atoms with E-state index in [9.17, 15) is 0 Å². The van der Waals surface area contributed by atoms with Crippen LogP contribution in [0, 0.1) is 11.3 Å². The smallest absolute Gasteiger partial charge is 0.0845 e. The van der Waals surface area contributed by atoms with E-state index < -0.39 is 0 Å². The summed E-state index contributed by atoms with van der Waals surface area (Å²) in [5, 5.41) is 12.2. The second-order valence-electron chi connectivity index (χ2n) is 2.78. The zero-order chi connectivity index (χ0) is 9.68. The molecule has 0 aromatic heterocycles. The van der Waals surface area contributed by atoms with E-state index in [0.29, 0.717) is 6.54 Å². The molecule has 0 saturated heterocycles. The summed E-state index contributed by atoms with van der Waals surface area (Å²) in [7, 11) is 0. The molecule has 3 heteroatoms. The van der Waals surface area contributed by atoms with Crippen LogP contribution in [0.25, 0.3) is 0 Å². The van der Waals surface area contributed by atoms with E-state index in [1.165, 1.54) is 0 Å². The molecule has 0 spiro atoms. The van der Waals surface area contributed by atoms with Gasteiger partial charge < -0.3 is 0 Å². The van der Waals surface area contributed by atoms with Crippen molar-refractivity contribution in [1.82, 2.24) is 5.32 Å². The Morgan fingerprint density at radius 1 is 1.54 bits per heavy atom. The molecule has 13 heavy (non-hydrogen) atoms. The Bertz CT molecular complexity index is 317. The van der Waals surface area contributed by atoms with Gasteiger partial charge in [0.2, 0.25) is 0 Å². The summed E-state index contributed by atoms with van der Waals surface area (Å²) in [4.78, 5) is 0. The van der Waals surface area contributed by atoms with E-state index in [2.05, 4.69) is 5.32 Å². The van der Waals surface area contributed by atoms with Crippen molar-refractivity contribution in [2.24, 2.45) is 0 Å². The first-order chi connectivity index (χ1) is 6.25. The first kappa shape index (κ1) is 10.0. The lowest BCUT2D eigenvalue weighted by Gasteiger charge is -2.12. The fourth-order valence-electron chi connectivity index (χ4n) is 1.13. The zero-order valence-corrected chi connectivity index (χ0v) is 8.17. The van der Waals surface area contributed by atoms with Crippen LogP contribution in [0.2, 0.25) is 5.02 Å². The third-order valence-corrected chi connectivity index (χ3v) is 2.20. The van der Waals surface area contributed by atoms with Gasteiger partial charge in [-0.1, -0.05) is 29.8 Å². The number of hydrogen-bond donors (Lipinski definition) is 1. The standard InChI is InChI=1S/C10H11ClN2/c1-8(13-7-6-12)9-4-2-3-5-10(9)11/h2-5,8,13H,7H2,1H3. The highest BCUT2D eigenvalue weighted by Crippen LogP contribution is 2.21. The molecule has 0 fully saturated rings. The quantitative estimate of drug-likeness (QED) is 0.751. The fraction of sp³-hybridized carbons (Fsp3) is 0.300. The molecule has 68 valence electrons. The van der Waals surface area contributed by atoms with Crippen molar-refractivity contribution in [2.75, 3.05) is 6.54 Å². The number of hydrogen-bond acceptors (Lipinski definition) is 2. The van der Waals surface area contributed by atoms with Gasteiger partial charge in [0.25, 0.3) is 0 Å². The van der Waals surface area contributed by atoms with Gasteiger partial charge in [-0.3, -0.25) is 5.32 Å². The molecule has 2 nitrogen and oxygen atoms in total. The van der Waals surface area contributed by atoms with E-state index in [0.717, 1.165) is 10.6 Å². The monoisotopic (exact) mass is 194 g/mol. The first-order valence-electron chi connectivity index (χ1n) is 4.10. The van der Waals surface area contributed by atoms with Gasteiger partial charge in [-0.15, -0.1) is 0 Å². The molecule has 1 aromatic carbocycles. The molecule has 0 aliphatic rings. The van der Waals surface area contributed by atoms with Gasteiger partial charge in [0.15, 0.2) is 0 Å². The van der Waals surface area contributed by atoms with Crippen LogP contribution in [-0.2, 0) is 0 Å². The third kappa shape index (κ3) is 2.73. The Hall–Kier alpha value is -1.04. The van der Waals surface area contributed by atoms with Crippen LogP contribution in [0.3, 0.4) is 0 Å². The van der Waals surface area contributed by atoms with Crippen molar-refractivity contribution in [3.05, 3.63) is 34.9 Å². The Morgan fingerprint density at radius 2 is 2.23 bits per heavy atom. The van der Waals surface area contributed by atoms with Gasteiger partial charge >= 0.3 is 0 Å². The lowest BCUT2D eigenvalue weighted by Crippen LogP contribution is -2.18. The minimum Gasteiger partial charge on any atom is -0.298 e. The maximum Gasteiger partial charge on any atom is 0.0845 e. The molecule has 0 aliphatic carbocycles. The van der Waals surface area contributed by atoms with Gasteiger partial charge in [-0.25, -0.2) is 0 Å². The molecule has 1 unspecified atom stereocenters. The maximum atomic E-state index is 8.39. The van der Waals surface area contributed by atoms with Crippen LogP contribution < -0.4 is 5.32 Å². The Morgan fingerprint density at radius 3 is 2.85 bits per heavy atom. The van der Waals surface area contributed by atoms with Crippen molar-refractivity contribution in [3.63, 3.8) is 0 Å². The minimum absolute atomic E-state index is 0.119. The molecule has 0 heterocycles. The molecular weight excluding hydrogens is 184 g/mol. The first-order valence-corrected chi connectivity index (χ1v) is 4.48. The second-order valence-corrected chi connectivity index (χ2v) is 3.19.